The molecule has 0 spiro atoms. The average molecular weight is 485 g/mol. The van der Waals surface area contributed by atoms with Crippen LogP contribution in [0.5, 0.6) is 5.75 Å². The van der Waals surface area contributed by atoms with Gasteiger partial charge in [0.2, 0.25) is 9.84 Å². The summed E-state index contributed by atoms with van der Waals surface area (Å²) in [6.45, 7) is 0. The molecule has 0 unspecified atom stereocenters. The van der Waals surface area contributed by atoms with Gasteiger partial charge in [-0.2, -0.15) is 4.79 Å². The molecule has 176 valence electrons. The lowest BCUT2D eigenvalue weighted by Gasteiger charge is -2.38. The summed E-state index contributed by atoms with van der Waals surface area (Å²) in [4.78, 5) is 15.7. The molecule has 7 heteroatoms. The number of rotatable bonds is 4. The molecule has 0 radical (unpaired) electrons. The smallest absolute Gasteiger partial charge is 0.362 e. The lowest BCUT2D eigenvalue weighted by atomic mass is 9.65. The Morgan fingerprint density at radius 2 is 1.46 bits per heavy atom. The highest BCUT2D eigenvalue weighted by Gasteiger charge is 2.36. The van der Waals surface area contributed by atoms with Gasteiger partial charge in [0.25, 0.3) is 5.78 Å². The third-order valence-corrected chi connectivity index (χ3v) is 9.02. The first-order valence-corrected chi connectivity index (χ1v) is 13.1. The van der Waals surface area contributed by atoms with E-state index in [0.29, 0.717) is 5.56 Å². The van der Waals surface area contributed by atoms with Crippen LogP contribution in [0, 0.1) is 0 Å². The van der Waals surface area contributed by atoms with Crippen LogP contribution in [0.3, 0.4) is 0 Å². The molecule has 2 aliphatic rings. The van der Waals surface area contributed by atoms with Crippen molar-refractivity contribution < 1.29 is 23.1 Å². The van der Waals surface area contributed by atoms with E-state index < -0.39 is 15.6 Å². The Labute approximate surface area is 204 Å². The van der Waals surface area contributed by atoms with E-state index in [1.807, 2.05) is 24.3 Å². The molecule has 6 nitrogen and oxygen atoms in total. The third kappa shape index (κ3) is 3.83. The average Bonchev–Trinajstić information content (AvgIpc) is 2.89. The summed E-state index contributed by atoms with van der Waals surface area (Å²) in [5.41, 5.74) is 11.3. The molecule has 3 aromatic carbocycles. The summed E-state index contributed by atoms with van der Waals surface area (Å²) in [7, 11) is -3.90. The van der Waals surface area contributed by atoms with Gasteiger partial charge >= 0.3 is 5.71 Å². The van der Waals surface area contributed by atoms with Gasteiger partial charge in [0.1, 0.15) is 5.75 Å². The number of ketones is 1. The Kier molecular flexibility index (Phi) is 5.75. The Hall–Kier alpha value is -3.80. The number of carbonyl (C=O) groups is 1. The van der Waals surface area contributed by atoms with Crippen LogP contribution < -0.4 is 0 Å². The van der Waals surface area contributed by atoms with E-state index in [0.717, 1.165) is 36.8 Å². The molecule has 1 fully saturated rings. The highest BCUT2D eigenvalue weighted by Crippen LogP contribution is 2.45. The van der Waals surface area contributed by atoms with Crippen molar-refractivity contribution in [3.8, 4) is 5.75 Å². The van der Waals surface area contributed by atoms with Gasteiger partial charge in [-0.3, -0.25) is 4.79 Å². The minimum Gasteiger partial charge on any atom is -0.508 e. The second-order valence-corrected chi connectivity index (χ2v) is 11.0. The van der Waals surface area contributed by atoms with Gasteiger partial charge in [-0.25, -0.2) is 8.42 Å². The standard InChI is InChI=1S/C28H24N2O4S/c29-30-25-16-15-23-24(27(25)32)5-4-6-26(23)35(33,34)22-13-9-20(10-14-22)28(17-2-1-3-18-28)19-7-11-21(31)12-8-19/h4-16,31H,1-3,17-18H2. The highest BCUT2D eigenvalue weighted by molar-refractivity contribution is 7.91. The van der Waals surface area contributed by atoms with Crippen LogP contribution in [0.2, 0.25) is 0 Å². The van der Waals surface area contributed by atoms with E-state index in [1.165, 1.54) is 36.8 Å². The molecule has 0 saturated heterocycles. The van der Waals surface area contributed by atoms with Crippen molar-refractivity contribution in [1.82, 2.24) is 0 Å². The summed E-state index contributed by atoms with van der Waals surface area (Å²) in [6, 6.07) is 18.9. The molecule has 0 amide bonds. The van der Waals surface area contributed by atoms with Gasteiger partial charge < -0.3 is 10.6 Å². The third-order valence-electron chi connectivity index (χ3n) is 7.19. The second-order valence-electron chi connectivity index (χ2n) is 9.08. The zero-order valence-electron chi connectivity index (χ0n) is 19.0. The normalized spacial score (nSPS) is 17.0. The SMILES string of the molecule is [N-]=[N+]=C1C=Cc2c(cccc2S(=O)(=O)c2ccc(C3(c4ccc(O)cc4)CCCCC3)cc2)C1=O. The number of carbonyl (C=O) groups excluding carboxylic acids is 1. The number of sulfone groups is 1. The molecule has 2 aliphatic carbocycles. The lowest BCUT2D eigenvalue weighted by molar-refractivity contribution is -0.00436. The zero-order chi connectivity index (χ0) is 24.6. The molecular weight excluding hydrogens is 460 g/mol. The van der Waals surface area contributed by atoms with E-state index in [-0.39, 0.29) is 32.2 Å². The summed E-state index contributed by atoms with van der Waals surface area (Å²) in [6.07, 6.45) is 8.05. The maximum atomic E-state index is 13.6. The fourth-order valence-electron chi connectivity index (χ4n) is 5.36. The van der Waals surface area contributed by atoms with Gasteiger partial charge in [0, 0.05) is 22.6 Å². The number of fused-ring (bicyclic) bond motifs is 1. The molecule has 1 N–H and O–H groups in total. The van der Waals surface area contributed by atoms with E-state index in [2.05, 4.69) is 4.79 Å². The molecule has 0 aromatic heterocycles. The summed E-state index contributed by atoms with van der Waals surface area (Å²) < 4.78 is 27.2. The van der Waals surface area contributed by atoms with Gasteiger partial charge in [0.05, 0.1) is 9.79 Å². The Morgan fingerprint density at radius 3 is 2.09 bits per heavy atom. The number of allylic oxidation sites excluding steroid dienone is 1. The van der Waals surface area contributed by atoms with Crippen molar-refractivity contribution in [2.75, 3.05) is 0 Å². The predicted molar refractivity (Wildman–Crippen MR) is 132 cm³/mol. The fraction of sp³-hybridized carbons (Fsp3) is 0.214. The number of Topliss-reactive ketones (excluding diaryl/α,β-unsaturated/α-hetero) is 1. The van der Waals surface area contributed by atoms with Crippen LogP contribution in [0.25, 0.3) is 11.6 Å². The van der Waals surface area contributed by atoms with Crippen LogP contribution in [0.4, 0.5) is 0 Å². The van der Waals surface area contributed by atoms with Crippen LogP contribution in [-0.4, -0.2) is 29.8 Å². The summed E-state index contributed by atoms with van der Waals surface area (Å²) >= 11 is 0. The van der Waals surface area contributed by atoms with Crippen molar-refractivity contribution in [2.45, 2.75) is 47.3 Å². The first kappa shape index (κ1) is 23.0. The van der Waals surface area contributed by atoms with Crippen molar-refractivity contribution in [2.24, 2.45) is 0 Å². The molecule has 0 atom stereocenters. The number of hydrogen-bond acceptors (Lipinski definition) is 4. The monoisotopic (exact) mass is 484 g/mol. The maximum Gasteiger partial charge on any atom is 0.362 e. The number of benzene rings is 3. The van der Waals surface area contributed by atoms with Gasteiger partial charge in [-0.1, -0.05) is 55.7 Å². The lowest BCUT2D eigenvalue weighted by Crippen LogP contribution is -2.30. The molecule has 3 aromatic rings. The maximum absolute atomic E-state index is 13.6. The van der Waals surface area contributed by atoms with Crippen molar-refractivity contribution in [1.29, 1.82) is 0 Å². The van der Waals surface area contributed by atoms with Gasteiger partial charge in [-0.15, -0.1) is 0 Å². The van der Waals surface area contributed by atoms with E-state index in [9.17, 15) is 18.3 Å². The molecule has 0 bridgehead atoms. The highest BCUT2D eigenvalue weighted by atomic mass is 32.2. The molecule has 35 heavy (non-hydrogen) atoms. The van der Waals surface area contributed by atoms with Gasteiger partial charge in [-0.05, 0) is 60.4 Å². The van der Waals surface area contributed by atoms with Crippen molar-refractivity contribution in [3.05, 3.63) is 101 Å². The largest absolute Gasteiger partial charge is 0.508 e. The second kappa shape index (κ2) is 8.77. The summed E-state index contributed by atoms with van der Waals surface area (Å²) in [5.74, 6) is -0.303. The van der Waals surface area contributed by atoms with Crippen molar-refractivity contribution in [3.63, 3.8) is 0 Å². The van der Waals surface area contributed by atoms with Crippen molar-refractivity contribution >= 4 is 27.4 Å². The van der Waals surface area contributed by atoms with E-state index >= 15 is 0 Å². The number of phenols is 1. The van der Waals surface area contributed by atoms with Crippen LogP contribution in [0.1, 0.15) is 59.2 Å². The molecule has 5 rings (SSSR count). The quantitative estimate of drug-likeness (QED) is 0.397. The summed E-state index contributed by atoms with van der Waals surface area (Å²) in [5, 5.41) is 9.76. The molecular formula is C28H24N2O4S. The topological polar surface area (TPSA) is 108 Å². The Balaban J connectivity index is 1.56. The van der Waals surface area contributed by atoms with Crippen LogP contribution in [0.15, 0.2) is 82.6 Å². The van der Waals surface area contributed by atoms with E-state index in [4.69, 9.17) is 5.53 Å². The van der Waals surface area contributed by atoms with Gasteiger partial charge in [0.15, 0.2) is 0 Å². The molecule has 0 heterocycles. The van der Waals surface area contributed by atoms with E-state index in [1.54, 1.807) is 24.3 Å². The minimum atomic E-state index is -3.90. The molecule has 0 aliphatic heterocycles. The first-order valence-electron chi connectivity index (χ1n) is 11.6. The predicted octanol–water partition coefficient (Wildman–Crippen LogP) is 5.36. The number of hydrogen-bond donors (Lipinski definition) is 1. The Bertz CT molecular complexity index is 1490. The minimum absolute atomic E-state index is 0.0373. The zero-order valence-corrected chi connectivity index (χ0v) is 19.8. The Morgan fingerprint density at radius 1 is 0.829 bits per heavy atom. The number of nitrogens with zero attached hydrogens (tertiary/aromatic N) is 2. The van der Waals surface area contributed by atoms with Crippen LogP contribution >= 0.6 is 0 Å². The first-order chi connectivity index (χ1) is 16.9. The molecule has 1 saturated carbocycles. The number of aromatic hydroxyl groups is 1. The number of phenolic OH excluding ortho intramolecular Hbond substituents is 1. The fourth-order valence-corrected chi connectivity index (χ4v) is 6.84. The van der Waals surface area contributed by atoms with Crippen LogP contribution in [-0.2, 0) is 15.3 Å².